The van der Waals surface area contributed by atoms with Crippen molar-refractivity contribution < 1.29 is 14.8 Å². The molecule has 0 saturated carbocycles. The first kappa shape index (κ1) is 9.97. The average Bonchev–Trinajstić information content (AvgIpc) is 2.37. The lowest BCUT2D eigenvalue weighted by Crippen LogP contribution is -3.06. The van der Waals surface area contributed by atoms with Crippen molar-refractivity contribution in [3.05, 3.63) is 12.4 Å². The van der Waals surface area contributed by atoms with E-state index in [2.05, 4.69) is 31.3 Å². The first-order valence-electron chi connectivity index (χ1n) is 3.53. The summed E-state index contributed by atoms with van der Waals surface area (Å²) in [4.78, 5) is 12.0. The molecule has 1 rings (SSSR count). The monoisotopic (exact) mass is 158 g/mol. The largest absolute Gasteiger partial charge is 0.554 e. The number of carbonyl (C=O) groups excluding carboxylic acids is 1. The zero-order valence-corrected chi connectivity index (χ0v) is 6.91. The fourth-order valence-electron chi connectivity index (χ4n) is 0.888. The summed E-state index contributed by atoms with van der Waals surface area (Å²) in [7, 11) is 2.10. The Hall–Kier alpha value is -1.03. The normalized spacial score (nSPS) is 20.9. The first-order valence-corrected chi connectivity index (χ1v) is 3.53. The summed E-state index contributed by atoms with van der Waals surface area (Å²) in [5.74, 6) is 0. The second-order valence-electron chi connectivity index (χ2n) is 2.34. The summed E-state index contributed by atoms with van der Waals surface area (Å²) in [6.45, 7) is 4.02. The van der Waals surface area contributed by atoms with E-state index in [1.54, 1.807) is 0 Å². The Balaban J connectivity index is 0.000000292. The standard InChI is InChI=1S/C6H12N2.CH2O2/c1-3-8-5-4-7(2)6-8;2-1-3/h4-5H,3,6H2,1-2H3;1H,(H,2,3). The predicted octanol–water partition coefficient (Wildman–Crippen LogP) is -2.37. The van der Waals surface area contributed by atoms with Gasteiger partial charge in [-0.25, -0.2) is 0 Å². The molecule has 1 aliphatic heterocycles. The van der Waals surface area contributed by atoms with Crippen LogP contribution in [0.5, 0.6) is 0 Å². The number of carboxylic acid groups (broad SMARTS) is 1. The van der Waals surface area contributed by atoms with Crippen LogP contribution in [0.1, 0.15) is 6.92 Å². The minimum absolute atomic E-state index is 0.500. The molecule has 0 bridgehead atoms. The molecule has 0 radical (unpaired) electrons. The van der Waals surface area contributed by atoms with E-state index >= 15 is 0 Å². The summed E-state index contributed by atoms with van der Waals surface area (Å²) in [6, 6.07) is 0. The second kappa shape index (κ2) is 5.73. The molecule has 0 spiro atoms. The zero-order chi connectivity index (χ0) is 8.69. The number of nitrogens with zero attached hydrogens (tertiary/aromatic N) is 1. The quantitative estimate of drug-likeness (QED) is 0.434. The Kier molecular flexibility index (Phi) is 5.20. The highest BCUT2D eigenvalue weighted by Gasteiger charge is 2.09. The molecule has 0 amide bonds. The minimum Gasteiger partial charge on any atom is -0.554 e. The molecule has 0 aromatic carbocycles. The fraction of sp³-hybridized carbons (Fsp3) is 0.571. The highest BCUT2D eigenvalue weighted by molar-refractivity contribution is 5.29. The molecular formula is C7H14N2O2. The maximum Gasteiger partial charge on any atom is 0.156 e. The highest BCUT2D eigenvalue weighted by Crippen LogP contribution is 1.80. The van der Waals surface area contributed by atoms with Gasteiger partial charge in [-0.3, -0.25) is 4.90 Å². The summed E-state index contributed by atoms with van der Waals surface area (Å²) in [6.07, 6.45) is 4.32. The molecule has 4 nitrogen and oxygen atoms in total. The molecule has 11 heavy (non-hydrogen) atoms. The van der Waals surface area contributed by atoms with Crippen LogP contribution in [0.3, 0.4) is 0 Å². The molecule has 1 unspecified atom stereocenters. The number of quaternary nitrogens is 1. The molecule has 4 heteroatoms. The van der Waals surface area contributed by atoms with Crippen molar-refractivity contribution >= 4 is 6.47 Å². The maximum absolute atomic E-state index is 8.25. The van der Waals surface area contributed by atoms with Crippen LogP contribution in [0.2, 0.25) is 0 Å². The molecule has 0 fully saturated rings. The van der Waals surface area contributed by atoms with Crippen molar-refractivity contribution in [1.29, 1.82) is 0 Å². The highest BCUT2D eigenvalue weighted by atomic mass is 16.3. The van der Waals surface area contributed by atoms with Crippen molar-refractivity contribution in [2.24, 2.45) is 0 Å². The Morgan fingerprint density at radius 1 is 1.82 bits per heavy atom. The van der Waals surface area contributed by atoms with Crippen molar-refractivity contribution in [3.8, 4) is 0 Å². The first-order chi connectivity index (χ1) is 5.24. The topological polar surface area (TPSA) is 47.8 Å². The summed E-state index contributed by atoms with van der Waals surface area (Å²) in [5.41, 5.74) is 0. The van der Waals surface area contributed by atoms with Crippen LogP contribution in [0.25, 0.3) is 0 Å². The van der Waals surface area contributed by atoms with E-state index in [-0.39, 0.29) is 0 Å². The summed E-state index contributed by atoms with van der Waals surface area (Å²) < 4.78 is 0. The van der Waals surface area contributed by atoms with E-state index in [4.69, 9.17) is 9.90 Å². The Morgan fingerprint density at radius 2 is 2.36 bits per heavy atom. The van der Waals surface area contributed by atoms with Gasteiger partial charge in [0, 0.05) is 13.5 Å². The van der Waals surface area contributed by atoms with Gasteiger partial charge in [0.25, 0.3) is 0 Å². The van der Waals surface area contributed by atoms with Gasteiger partial charge in [-0.1, -0.05) is 0 Å². The van der Waals surface area contributed by atoms with E-state index < -0.39 is 6.47 Å². The van der Waals surface area contributed by atoms with Gasteiger partial charge in [0.05, 0.1) is 12.7 Å². The van der Waals surface area contributed by atoms with Crippen molar-refractivity contribution in [2.75, 3.05) is 20.3 Å². The number of hydrogen-bond acceptors (Lipinski definition) is 3. The third kappa shape index (κ3) is 4.38. The predicted molar refractivity (Wildman–Crippen MR) is 39.3 cm³/mol. The SMILES string of the molecule is CC[NH+]1C=CN(C)C1.O=C[O-]. The van der Waals surface area contributed by atoms with Crippen LogP contribution in [-0.4, -0.2) is 31.6 Å². The minimum atomic E-state index is -0.500. The van der Waals surface area contributed by atoms with Crippen molar-refractivity contribution in [2.45, 2.75) is 6.92 Å². The third-order valence-electron chi connectivity index (χ3n) is 1.47. The van der Waals surface area contributed by atoms with Crippen molar-refractivity contribution in [3.63, 3.8) is 0 Å². The van der Waals surface area contributed by atoms with Crippen LogP contribution >= 0.6 is 0 Å². The zero-order valence-electron chi connectivity index (χ0n) is 6.91. The van der Waals surface area contributed by atoms with Crippen LogP contribution < -0.4 is 10.0 Å². The number of hydrogen-bond donors (Lipinski definition) is 1. The smallest absolute Gasteiger partial charge is 0.156 e. The van der Waals surface area contributed by atoms with E-state index in [9.17, 15) is 0 Å². The Morgan fingerprint density at radius 3 is 2.55 bits per heavy atom. The second-order valence-corrected chi connectivity index (χ2v) is 2.34. The van der Waals surface area contributed by atoms with Crippen LogP contribution in [0.4, 0.5) is 0 Å². The van der Waals surface area contributed by atoms with Gasteiger partial charge >= 0.3 is 0 Å². The molecule has 0 aromatic rings. The van der Waals surface area contributed by atoms with E-state index in [1.807, 2.05) is 0 Å². The maximum atomic E-state index is 8.25. The lowest BCUT2D eigenvalue weighted by atomic mass is 10.6. The lowest BCUT2D eigenvalue weighted by molar-refractivity contribution is -0.846. The lowest BCUT2D eigenvalue weighted by Gasteiger charge is -2.09. The van der Waals surface area contributed by atoms with Gasteiger partial charge < -0.3 is 14.8 Å². The van der Waals surface area contributed by atoms with Crippen LogP contribution in [-0.2, 0) is 4.79 Å². The summed E-state index contributed by atoms with van der Waals surface area (Å²) >= 11 is 0. The van der Waals surface area contributed by atoms with Gasteiger partial charge in [0.15, 0.2) is 6.67 Å². The van der Waals surface area contributed by atoms with Crippen LogP contribution in [0.15, 0.2) is 12.4 Å². The molecule has 1 atom stereocenters. The molecular weight excluding hydrogens is 144 g/mol. The molecule has 0 saturated heterocycles. The van der Waals surface area contributed by atoms with E-state index in [1.165, 1.54) is 11.4 Å². The number of carbonyl (C=O) groups is 1. The Labute approximate surface area is 66.7 Å². The van der Waals surface area contributed by atoms with Gasteiger partial charge in [0.1, 0.15) is 6.20 Å². The molecule has 64 valence electrons. The molecule has 1 aliphatic rings. The van der Waals surface area contributed by atoms with Gasteiger partial charge in [-0.15, -0.1) is 0 Å². The van der Waals surface area contributed by atoms with Crippen LogP contribution in [0, 0.1) is 0 Å². The molecule has 0 aliphatic carbocycles. The molecule has 1 N–H and O–H groups in total. The molecule has 0 aromatic heterocycles. The van der Waals surface area contributed by atoms with Gasteiger partial charge in [-0.2, -0.15) is 0 Å². The number of rotatable bonds is 1. The number of nitrogens with one attached hydrogen (secondary N) is 1. The fourth-order valence-corrected chi connectivity index (χ4v) is 0.888. The summed E-state index contributed by atoms with van der Waals surface area (Å²) in [5, 5.41) is 8.25. The van der Waals surface area contributed by atoms with Crippen molar-refractivity contribution in [1.82, 2.24) is 4.90 Å². The average molecular weight is 158 g/mol. The van der Waals surface area contributed by atoms with Gasteiger partial charge in [-0.05, 0) is 6.92 Å². The van der Waals surface area contributed by atoms with Gasteiger partial charge in [0.2, 0.25) is 0 Å². The third-order valence-corrected chi connectivity index (χ3v) is 1.47. The van der Waals surface area contributed by atoms with E-state index in [0.717, 1.165) is 6.67 Å². The molecule has 1 heterocycles. The van der Waals surface area contributed by atoms with E-state index in [0.29, 0.717) is 0 Å². The Bertz CT molecular complexity index is 136.